The first-order chi connectivity index (χ1) is 7.59. The maximum atomic E-state index is 13.2. The molecular formula is C13H9ClF2. The van der Waals surface area contributed by atoms with Gasteiger partial charge >= 0.3 is 5.38 Å². The summed E-state index contributed by atoms with van der Waals surface area (Å²) in [5.74, 6) is 0. The van der Waals surface area contributed by atoms with Crippen molar-refractivity contribution in [3.8, 4) is 11.1 Å². The van der Waals surface area contributed by atoms with Crippen LogP contribution in [0.25, 0.3) is 11.1 Å². The van der Waals surface area contributed by atoms with Crippen molar-refractivity contribution in [3.63, 3.8) is 0 Å². The van der Waals surface area contributed by atoms with E-state index in [9.17, 15) is 8.78 Å². The standard InChI is InChI=1S/C13H9ClF2/c14-13(15,16)12-9-5-4-8-11(12)10-6-2-1-3-7-10/h1-9H. The summed E-state index contributed by atoms with van der Waals surface area (Å²) in [5, 5.41) is -3.34. The first kappa shape index (κ1) is 11.1. The second kappa shape index (κ2) is 4.22. The summed E-state index contributed by atoms with van der Waals surface area (Å²) in [6, 6.07) is 15.3. The topological polar surface area (TPSA) is 0 Å². The highest BCUT2D eigenvalue weighted by Crippen LogP contribution is 2.38. The Morgan fingerprint density at radius 3 is 2.00 bits per heavy atom. The Morgan fingerprint density at radius 2 is 1.38 bits per heavy atom. The fourth-order valence-corrected chi connectivity index (χ4v) is 1.76. The monoisotopic (exact) mass is 238 g/mol. The smallest absolute Gasteiger partial charge is 0.183 e. The second-order valence-corrected chi connectivity index (χ2v) is 3.88. The average Bonchev–Trinajstić information content (AvgIpc) is 2.29. The zero-order chi connectivity index (χ0) is 11.6. The number of alkyl halides is 3. The average molecular weight is 239 g/mol. The van der Waals surface area contributed by atoms with Gasteiger partial charge in [0.05, 0.1) is 0 Å². The molecule has 3 heteroatoms. The summed E-state index contributed by atoms with van der Waals surface area (Å²) in [6.07, 6.45) is 0. The van der Waals surface area contributed by atoms with E-state index in [0.29, 0.717) is 5.56 Å². The Labute approximate surface area is 97.5 Å². The molecule has 0 aromatic heterocycles. The normalized spacial score (nSPS) is 11.4. The predicted octanol–water partition coefficient (Wildman–Crippen LogP) is 4.64. The van der Waals surface area contributed by atoms with Gasteiger partial charge in [-0.15, -0.1) is 0 Å². The Morgan fingerprint density at radius 1 is 0.812 bits per heavy atom. The van der Waals surface area contributed by atoms with Gasteiger partial charge < -0.3 is 0 Å². The zero-order valence-corrected chi connectivity index (χ0v) is 9.09. The molecule has 0 saturated carbocycles. The summed E-state index contributed by atoms with van der Waals surface area (Å²) in [7, 11) is 0. The molecule has 82 valence electrons. The molecule has 0 saturated heterocycles. The third-order valence-electron chi connectivity index (χ3n) is 2.32. The number of hydrogen-bond donors (Lipinski definition) is 0. The maximum Gasteiger partial charge on any atom is 0.348 e. The lowest BCUT2D eigenvalue weighted by Crippen LogP contribution is -2.05. The Balaban J connectivity index is 2.58. The summed E-state index contributed by atoms with van der Waals surface area (Å²) in [6.45, 7) is 0. The van der Waals surface area contributed by atoms with Crippen molar-refractivity contribution in [2.45, 2.75) is 5.38 Å². The lowest BCUT2D eigenvalue weighted by molar-refractivity contribution is 0.0958. The largest absolute Gasteiger partial charge is 0.348 e. The van der Waals surface area contributed by atoms with Crippen LogP contribution in [0.1, 0.15) is 5.56 Å². The van der Waals surface area contributed by atoms with Crippen LogP contribution in [0.5, 0.6) is 0 Å². The van der Waals surface area contributed by atoms with Crippen LogP contribution in [0.15, 0.2) is 54.6 Å². The molecule has 0 nitrogen and oxygen atoms in total. The van der Waals surface area contributed by atoms with E-state index < -0.39 is 5.38 Å². The molecule has 16 heavy (non-hydrogen) atoms. The van der Waals surface area contributed by atoms with Crippen molar-refractivity contribution >= 4 is 11.6 Å². The van der Waals surface area contributed by atoms with E-state index >= 15 is 0 Å². The van der Waals surface area contributed by atoms with Gasteiger partial charge in [-0.3, -0.25) is 0 Å². The Hall–Kier alpha value is -1.41. The molecular weight excluding hydrogens is 230 g/mol. The van der Waals surface area contributed by atoms with Gasteiger partial charge in [0.2, 0.25) is 0 Å². The third kappa shape index (κ3) is 2.22. The summed E-state index contributed by atoms with van der Waals surface area (Å²) >= 11 is 5.08. The molecule has 0 aliphatic heterocycles. The third-order valence-corrected chi connectivity index (χ3v) is 2.52. The molecule has 0 amide bonds. The lowest BCUT2D eigenvalue weighted by atomic mass is 10.00. The van der Waals surface area contributed by atoms with Gasteiger partial charge in [0, 0.05) is 5.56 Å². The minimum atomic E-state index is -3.34. The zero-order valence-electron chi connectivity index (χ0n) is 8.33. The summed E-state index contributed by atoms with van der Waals surface area (Å²) in [4.78, 5) is 0. The van der Waals surface area contributed by atoms with Crippen molar-refractivity contribution in [2.75, 3.05) is 0 Å². The van der Waals surface area contributed by atoms with Gasteiger partial charge in [0.15, 0.2) is 0 Å². The highest BCUT2D eigenvalue weighted by molar-refractivity contribution is 6.22. The highest BCUT2D eigenvalue weighted by Gasteiger charge is 2.30. The van der Waals surface area contributed by atoms with Crippen molar-refractivity contribution in [1.82, 2.24) is 0 Å². The summed E-state index contributed by atoms with van der Waals surface area (Å²) in [5.41, 5.74) is 1.03. The molecule has 0 spiro atoms. The Bertz CT molecular complexity index is 475. The van der Waals surface area contributed by atoms with Crippen LogP contribution < -0.4 is 0 Å². The molecule has 0 radical (unpaired) electrons. The number of hydrogen-bond acceptors (Lipinski definition) is 0. The van der Waals surface area contributed by atoms with Crippen LogP contribution in [-0.4, -0.2) is 0 Å². The van der Waals surface area contributed by atoms with Crippen LogP contribution in [0.2, 0.25) is 0 Å². The van der Waals surface area contributed by atoms with Crippen LogP contribution in [0, 0.1) is 0 Å². The SMILES string of the molecule is FC(F)(Cl)c1ccccc1-c1ccccc1. The first-order valence-electron chi connectivity index (χ1n) is 4.80. The first-order valence-corrected chi connectivity index (χ1v) is 5.18. The van der Waals surface area contributed by atoms with E-state index in [-0.39, 0.29) is 5.56 Å². The molecule has 2 aromatic rings. The van der Waals surface area contributed by atoms with Crippen LogP contribution >= 0.6 is 11.6 Å². The molecule has 2 rings (SSSR count). The minimum absolute atomic E-state index is 0.164. The molecule has 0 unspecified atom stereocenters. The van der Waals surface area contributed by atoms with Gasteiger partial charge in [-0.1, -0.05) is 54.6 Å². The number of rotatable bonds is 2. The van der Waals surface area contributed by atoms with Crippen LogP contribution in [-0.2, 0) is 5.38 Å². The van der Waals surface area contributed by atoms with E-state index in [0.717, 1.165) is 5.56 Å². The molecule has 2 aromatic carbocycles. The van der Waals surface area contributed by atoms with Gasteiger partial charge in [0.1, 0.15) is 0 Å². The fourth-order valence-electron chi connectivity index (χ4n) is 1.60. The Kier molecular flexibility index (Phi) is 2.92. The fraction of sp³-hybridized carbons (Fsp3) is 0.0769. The lowest BCUT2D eigenvalue weighted by Gasteiger charge is -2.13. The van der Waals surface area contributed by atoms with Crippen molar-refractivity contribution in [2.24, 2.45) is 0 Å². The van der Waals surface area contributed by atoms with Crippen molar-refractivity contribution < 1.29 is 8.78 Å². The van der Waals surface area contributed by atoms with E-state index in [4.69, 9.17) is 11.6 Å². The van der Waals surface area contributed by atoms with Crippen LogP contribution in [0.3, 0.4) is 0 Å². The quantitative estimate of drug-likeness (QED) is 0.669. The van der Waals surface area contributed by atoms with E-state index in [1.807, 2.05) is 6.07 Å². The van der Waals surface area contributed by atoms with Crippen molar-refractivity contribution in [3.05, 3.63) is 60.2 Å². The van der Waals surface area contributed by atoms with E-state index in [2.05, 4.69) is 0 Å². The minimum Gasteiger partial charge on any atom is -0.183 e. The maximum absolute atomic E-state index is 13.2. The predicted molar refractivity (Wildman–Crippen MR) is 61.6 cm³/mol. The molecule has 0 N–H and O–H groups in total. The molecule has 0 aliphatic rings. The number of halogens is 3. The summed E-state index contributed by atoms with van der Waals surface area (Å²) < 4.78 is 26.3. The van der Waals surface area contributed by atoms with Gasteiger partial charge in [-0.25, -0.2) is 0 Å². The van der Waals surface area contributed by atoms with Crippen molar-refractivity contribution in [1.29, 1.82) is 0 Å². The highest BCUT2D eigenvalue weighted by atomic mass is 35.5. The van der Waals surface area contributed by atoms with Gasteiger partial charge in [-0.2, -0.15) is 8.78 Å². The molecule has 0 aliphatic carbocycles. The van der Waals surface area contributed by atoms with Gasteiger partial charge in [0.25, 0.3) is 0 Å². The van der Waals surface area contributed by atoms with E-state index in [1.165, 1.54) is 6.07 Å². The molecule has 0 bridgehead atoms. The molecule has 0 fully saturated rings. The van der Waals surface area contributed by atoms with E-state index in [1.54, 1.807) is 42.5 Å². The van der Waals surface area contributed by atoms with Gasteiger partial charge in [-0.05, 0) is 22.7 Å². The number of benzene rings is 2. The second-order valence-electron chi connectivity index (χ2n) is 3.41. The van der Waals surface area contributed by atoms with Crippen LogP contribution in [0.4, 0.5) is 8.78 Å². The molecule has 0 atom stereocenters. The molecule has 0 heterocycles.